The van der Waals surface area contributed by atoms with Gasteiger partial charge in [0.25, 0.3) is 0 Å². The number of benzene rings is 3. The first kappa shape index (κ1) is 25.7. The van der Waals surface area contributed by atoms with Gasteiger partial charge in [0.1, 0.15) is 5.75 Å². The van der Waals surface area contributed by atoms with E-state index in [1.54, 1.807) is 30.3 Å². The van der Waals surface area contributed by atoms with Crippen molar-refractivity contribution in [3.05, 3.63) is 83.4 Å². The molecular formula is C22H22ClN3O6S2. The molecule has 0 atom stereocenters. The van der Waals surface area contributed by atoms with Crippen LogP contribution in [0.25, 0.3) is 0 Å². The summed E-state index contributed by atoms with van der Waals surface area (Å²) in [6.45, 7) is -0.567. The SMILES string of the molecule is COc1ccc(S(=O)(=O)N(CC(=O)Nc2ccc(S(N)(=O)=O)cc2)Cc2ccccc2)cc1Cl. The molecule has 34 heavy (non-hydrogen) atoms. The zero-order valence-electron chi connectivity index (χ0n) is 18.0. The summed E-state index contributed by atoms with van der Waals surface area (Å²) in [5, 5.41) is 7.75. The normalized spacial score (nSPS) is 11.9. The average molecular weight is 524 g/mol. The molecule has 3 rings (SSSR count). The fourth-order valence-corrected chi connectivity index (χ4v) is 5.31. The molecule has 0 unspecified atom stereocenters. The third-order valence-electron chi connectivity index (χ3n) is 4.75. The molecular weight excluding hydrogens is 502 g/mol. The van der Waals surface area contributed by atoms with Crippen LogP contribution in [0.1, 0.15) is 5.56 Å². The number of rotatable bonds is 9. The summed E-state index contributed by atoms with van der Waals surface area (Å²) in [7, 11) is -6.59. The first-order chi connectivity index (χ1) is 16.0. The van der Waals surface area contributed by atoms with Crippen LogP contribution in [0.4, 0.5) is 5.69 Å². The molecule has 0 radical (unpaired) electrons. The van der Waals surface area contributed by atoms with Gasteiger partial charge in [0, 0.05) is 12.2 Å². The number of primary sulfonamides is 1. The molecule has 12 heteroatoms. The highest BCUT2D eigenvalue weighted by molar-refractivity contribution is 7.89. The van der Waals surface area contributed by atoms with Crippen LogP contribution in [-0.2, 0) is 31.4 Å². The minimum absolute atomic E-state index is 0.0649. The van der Waals surface area contributed by atoms with Crippen molar-refractivity contribution in [1.82, 2.24) is 4.31 Å². The second-order valence-electron chi connectivity index (χ2n) is 7.17. The fourth-order valence-electron chi connectivity index (χ4n) is 3.06. The Morgan fingerprint density at radius 2 is 1.59 bits per heavy atom. The molecule has 0 saturated heterocycles. The van der Waals surface area contributed by atoms with Gasteiger partial charge in [-0.1, -0.05) is 41.9 Å². The summed E-state index contributed by atoms with van der Waals surface area (Å²) in [4.78, 5) is 12.5. The topological polar surface area (TPSA) is 136 Å². The van der Waals surface area contributed by atoms with Gasteiger partial charge in [-0.3, -0.25) is 4.79 Å². The smallest absolute Gasteiger partial charge is 0.243 e. The number of methoxy groups -OCH3 is 1. The summed E-state index contributed by atoms with van der Waals surface area (Å²) in [6, 6.07) is 18.0. The number of sulfonamides is 2. The van der Waals surface area contributed by atoms with Crippen LogP contribution in [-0.4, -0.2) is 40.7 Å². The van der Waals surface area contributed by atoms with Crippen LogP contribution in [0.5, 0.6) is 5.75 Å². The van der Waals surface area contributed by atoms with Crippen molar-refractivity contribution in [3.63, 3.8) is 0 Å². The zero-order valence-corrected chi connectivity index (χ0v) is 20.4. The molecule has 3 N–H and O–H groups in total. The van der Waals surface area contributed by atoms with Crippen LogP contribution in [0.3, 0.4) is 0 Å². The average Bonchev–Trinajstić information content (AvgIpc) is 2.79. The van der Waals surface area contributed by atoms with Crippen molar-refractivity contribution in [2.24, 2.45) is 5.14 Å². The predicted octanol–water partition coefficient (Wildman–Crippen LogP) is 2.83. The van der Waals surface area contributed by atoms with Gasteiger partial charge in [-0.25, -0.2) is 22.0 Å². The highest BCUT2D eigenvalue weighted by Crippen LogP contribution is 2.29. The van der Waals surface area contributed by atoms with Crippen LogP contribution >= 0.6 is 11.6 Å². The maximum atomic E-state index is 13.4. The van der Waals surface area contributed by atoms with Crippen LogP contribution in [0.15, 0.2) is 82.6 Å². The number of amides is 1. The summed E-state index contributed by atoms with van der Waals surface area (Å²) < 4.78 is 55.7. The number of halogens is 1. The number of nitrogens with one attached hydrogen (secondary N) is 1. The van der Waals surface area contributed by atoms with Crippen molar-refractivity contribution in [3.8, 4) is 5.75 Å². The summed E-state index contributed by atoms with van der Waals surface area (Å²) in [5.41, 5.74) is 0.956. The first-order valence-electron chi connectivity index (χ1n) is 9.81. The van der Waals surface area contributed by atoms with E-state index in [1.165, 1.54) is 49.6 Å². The molecule has 0 heterocycles. The van der Waals surface area contributed by atoms with E-state index in [0.29, 0.717) is 11.3 Å². The number of hydrogen-bond acceptors (Lipinski definition) is 6. The lowest BCUT2D eigenvalue weighted by molar-refractivity contribution is -0.116. The Bertz CT molecular complexity index is 1380. The Morgan fingerprint density at radius 3 is 2.15 bits per heavy atom. The molecule has 9 nitrogen and oxygen atoms in total. The second-order valence-corrected chi connectivity index (χ2v) is 11.1. The van der Waals surface area contributed by atoms with Gasteiger partial charge in [0.2, 0.25) is 26.0 Å². The predicted molar refractivity (Wildman–Crippen MR) is 128 cm³/mol. The third-order valence-corrected chi connectivity index (χ3v) is 7.76. The molecule has 180 valence electrons. The van der Waals surface area contributed by atoms with Crippen molar-refractivity contribution < 1.29 is 26.4 Å². The van der Waals surface area contributed by atoms with E-state index in [9.17, 15) is 21.6 Å². The standard InChI is InChI=1S/C22H22ClN3O6S2/c1-32-21-12-11-19(13-20(21)23)34(30,31)26(14-16-5-3-2-4-6-16)15-22(27)25-17-7-9-18(10-8-17)33(24,28)29/h2-13H,14-15H2,1H3,(H,25,27)(H2,24,28,29). The summed E-state index contributed by atoms with van der Waals surface area (Å²) in [6.07, 6.45) is 0. The van der Waals surface area contributed by atoms with Crippen LogP contribution in [0, 0.1) is 0 Å². The lowest BCUT2D eigenvalue weighted by atomic mass is 10.2. The highest BCUT2D eigenvalue weighted by Gasteiger charge is 2.28. The van der Waals surface area contributed by atoms with Gasteiger partial charge in [-0.2, -0.15) is 4.31 Å². The molecule has 0 aliphatic carbocycles. The van der Waals surface area contributed by atoms with Crippen LogP contribution < -0.4 is 15.2 Å². The second kappa shape index (κ2) is 10.5. The Kier molecular flexibility index (Phi) is 7.95. The molecule has 0 spiro atoms. The zero-order chi connectivity index (χ0) is 24.9. The Balaban J connectivity index is 1.87. The minimum Gasteiger partial charge on any atom is -0.495 e. The van der Waals surface area contributed by atoms with Gasteiger partial charge < -0.3 is 10.1 Å². The number of ether oxygens (including phenoxy) is 1. The lowest BCUT2D eigenvalue weighted by Gasteiger charge is -2.22. The third kappa shape index (κ3) is 6.33. The first-order valence-corrected chi connectivity index (χ1v) is 13.2. The molecule has 0 fully saturated rings. The van der Waals surface area contributed by atoms with E-state index >= 15 is 0 Å². The number of nitrogens with two attached hydrogens (primary N) is 1. The van der Waals surface area contributed by atoms with Crippen molar-refractivity contribution in [2.75, 3.05) is 19.0 Å². The van der Waals surface area contributed by atoms with Gasteiger partial charge in [0.05, 0.1) is 28.5 Å². The van der Waals surface area contributed by atoms with Gasteiger partial charge in [0.15, 0.2) is 0 Å². The quantitative estimate of drug-likeness (QED) is 0.442. The Hall–Kier alpha value is -2.96. The molecule has 0 saturated carbocycles. The van der Waals surface area contributed by atoms with E-state index < -0.39 is 32.5 Å². The maximum absolute atomic E-state index is 13.4. The van der Waals surface area contributed by atoms with E-state index in [-0.39, 0.29) is 27.0 Å². The molecule has 0 bridgehead atoms. The van der Waals surface area contributed by atoms with E-state index in [4.69, 9.17) is 21.5 Å². The van der Waals surface area contributed by atoms with E-state index in [2.05, 4.69) is 5.32 Å². The van der Waals surface area contributed by atoms with Gasteiger partial charge in [-0.15, -0.1) is 0 Å². The van der Waals surface area contributed by atoms with E-state index in [1.807, 2.05) is 0 Å². The molecule has 1 amide bonds. The molecule has 0 aromatic heterocycles. The molecule has 3 aromatic rings. The molecule has 0 aliphatic rings. The Morgan fingerprint density at radius 1 is 0.971 bits per heavy atom. The highest BCUT2D eigenvalue weighted by atomic mass is 35.5. The fraction of sp³-hybridized carbons (Fsp3) is 0.136. The number of carbonyl (C=O) groups excluding carboxylic acids is 1. The van der Waals surface area contributed by atoms with Gasteiger partial charge >= 0.3 is 0 Å². The summed E-state index contributed by atoms with van der Waals surface area (Å²) in [5.74, 6) is -0.307. The molecule has 3 aromatic carbocycles. The number of nitrogens with zero attached hydrogens (tertiary/aromatic N) is 1. The monoisotopic (exact) mass is 523 g/mol. The number of anilines is 1. The minimum atomic E-state index is -4.12. The Labute approximate surface area is 203 Å². The number of hydrogen-bond donors (Lipinski definition) is 2. The van der Waals surface area contributed by atoms with Gasteiger partial charge in [-0.05, 0) is 48.0 Å². The van der Waals surface area contributed by atoms with Crippen molar-refractivity contribution in [2.45, 2.75) is 16.3 Å². The van der Waals surface area contributed by atoms with Crippen LogP contribution in [0.2, 0.25) is 5.02 Å². The van der Waals surface area contributed by atoms with E-state index in [0.717, 1.165) is 4.31 Å². The largest absolute Gasteiger partial charge is 0.495 e. The lowest BCUT2D eigenvalue weighted by Crippen LogP contribution is -2.37. The van der Waals surface area contributed by atoms with Crippen molar-refractivity contribution >= 4 is 43.2 Å². The summed E-state index contributed by atoms with van der Waals surface area (Å²) >= 11 is 6.12. The number of carbonyl (C=O) groups is 1. The van der Waals surface area contributed by atoms with Crippen molar-refractivity contribution in [1.29, 1.82) is 0 Å². The maximum Gasteiger partial charge on any atom is 0.243 e. The molecule has 0 aliphatic heterocycles.